The van der Waals surface area contributed by atoms with Crippen LogP contribution in [0.3, 0.4) is 0 Å². The normalized spacial score (nSPS) is 10.5. The molecule has 8 heteroatoms. The molecule has 3 aromatic rings. The van der Waals surface area contributed by atoms with Gasteiger partial charge in [0.05, 0.1) is 4.92 Å². The molecular weight excluding hydrogens is 366 g/mol. The number of aromatic nitrogens is 2. The van der Waals surface area contributed by atoms with Crippen molar-refractivity contribution < 1.29 is 4.92 Å². The Labute approximate surface area is 161 Å². The Morgan fingerprint density at radius 1 is 0.926 bits per heavy atom. The van der Waals surface area contributed by atoms with Crippen LogP contribution in [-0.4, -0.2) is 14.9 Å². The summed E-state index contributed by atoms with van der Waals surface area (Å²) in [7, 11) is 0. The maximum Gasteiger partial charge on any atom is 0.353 e. The summed E-state index contributed by atoms with van der Waals surface area (Å²) >= 11 is 6.04. The first-order valence-corrected chi connectivity index (χ1v) is 8.60. The summed E-state index contributed by atoms with van der Waals surface area (Å²) in [5, 5.41) is 18.3. The molecule has 3 rings (SSSR count). The van der Waals surface area contributed by atoms with Gasteiger partial charge >= 0.3 is 5.69 Å². The smallest absolute Gasteiger partial charge is 0.334 e. The van der Waals surface area contributed by atoms with Crippen molar-refractivity contribution in [3.63, 3.8) is 0 Å². The Bertz CT molecular complexity index is 1020. The second-order valence-corrected chi connectivity index (χ2v) is 6.64. The fourth-order valence-electron chi connectivity index (χ4n) is 2.67. The molecule has 0 aliphatic heterocycles. The molecule has 0 saturated carbocycles. The van der Waals surface area contributed by atoms with E-state index in [0.29, 0.717) is 10.7 Å². The fraction of sp³-hybridized carbons (Fsp3) is 0.158. The third-order valence-electron chi connectivity index (χ3n) is 4.09. The van der Waals surface area contributed by atoms with E-state index in [1.807, 2.05) is 45.0 Å². The van der Waals surface area contributed by atoms with E-state index in [1.54, 1.807) is 12.1 Å². The largest absolute Gasteiger partial charge is 0.353 e. The first-order chi connectivity index (χ1) is 12.8. The molecule has 0 bridgehead atoms. The Morgan fingerprint density at radius 3 is 2.22 bits per heavy atom. The highest BCUT2D eigenvalue weighted by molar-refractivity contribution is 6.30. The summed E-state index contributed by atoms with van der Waals surface area (Å²) in [6, 6.07) is 11.1. The van der Waals surface area contributed by atoms with Crippen molar-refractivity contribution in [1.29, 1.82) is 0 Å². The Hall–Kier alpha value is -3.19. The number of rotatable bonds is 5. The van der Waals surface area contributed by atoms with Crippen LogP contribution in [-0.2, 0) is 0 Å². The molecule has 1 heterocycles. The molecule has 0 spiro atoms. The number of nitrogens with one attached hydrogen (secondary N) is 2. The number of nitro groups is 1. The zero-order valence-electron chi connectivity index (χ0n) is 15.1. The lowest BCUT2D eigenvalue weighted by Crippen LogP contribution is -2.06. The van der Waals surface area contributed by atoms with Gasteiger partial charge in [0.1, 0.15) is 6.33 Å². The predicted molar refractivity (Wildman–Crippen MR) is 107 cm³/mol. The van der Waals surface area contributed by atoms with Crippen molar-refractivity contribution >= 4 is 40.3 Å². The van der Waals surface area contributed by atoms with E-state index in [4.69, 9.17) is 11.6 Å². The predicted octanol–water partition coefficient (Wildman–Crippen LogP) is 5.45. The topological polar surface area (TPSA) is 93.0 Å². The lowest BCUT2D eigenvalue weighted by atomic mass is 10.1. The Kier molecular flexibility index (Phi) is 5.23. The van der Waals surface area contributed by atoms with Crippen LogP contribution in [0.2, 0.25) is 5.02 Å². The number of hydrogen-bond donors (Lipinski definition) is 2. The summed E-state index contributed by atoms with van der Waals surface area (Å²) in [5.74, 6) is 0.205. The lowest BCUT2D eigenvalue weighted by molar-refractivity contribution is -0.383. The van der Waals surface area contributed by atoms with Gasteiger partial charge in [-0.25, -0.2) is 9.97 Å². The van der Waals surface area contributed by atoms with E-state index < -0.39 is 4.92 Å². The molecule has 0 aliphatic carbocycles. The van der Waals surface area contributed by atoms with Crippen LogP contribution in [0.15, 0.2) is 42.7 Å². The SMILES string of the molecule is Cc1ccc(Nc2ncnc(Nc3cc(Cl)ccc3C)c2[N+](=O)[O-])c(C)c1. The standard InChI is InChI=1S/C19H18ClN5O2/c1-11-4-7-15(13(3)8-11)23-18-17(25(26)27)19(22-10-21-18)24-16-9-14(20)6-5-12(16)2/h4-10H,1-3H3,(H2,21,22,23,24). The number of aryl methyl sites for hydroxylation is 3. The maximum absolute atomic E-state index is 11.7. The van der Waals surface area contributed by atoms with Crippen LogP contribution in [0.1, 0.15) is 16.7 Å². The molecule has 0 amide bonds. The number of hydrogen-bond acceptors (Lipinski definition) is 6. The molecule has 0 aliphatic rings. The highest BCUT2D eigenvalue weighted by Crippen LogP contribution is 2.34. The molecule has 2 N–H and O–H groups in total. The van der Waals surface area contributed by atoms with Gasteiger partial charge in [0, 0.05) is 16.4 Å². The average Bonchev–Trinajstić information content (AvgIpc) is 2.60. The highest BCUT2D eigenvalue weighted by atomic mass is 35.5. The van der Waals surface area contributed by atoms with Crippen LogP contribution >= 0.6 is 11.6 Å². The number of anilines is 4. The monoisotopic (exact) mass is 383 g/mol. The van der Waals surface area contributed by atoms with Gasteiger partial charge < -0.3 is 10.6 Å². The number of halogens is 1. The molecule has 7 nitrogen and oxygen atoms in total. The van der Waals surface area contributed by atoms with Crippen molar-refractivity contribution in [2.24, 2.45) is 0 Å². The van der Waals surface area contributed by atoms with Gasteiger partial charge in [-0.05, 0) is 50.1 Å². The summed E-state index contributed by atoms with van der Waals surface area (Å²) in [6.45, 7) is 5.79. The van der Waals surface area contributed by atoms with Crippen LogP contribution in [0.4, 0.5) is 28.7 Å². The minimum atomic E-state index is -0.506. The van der Waals surface area contributed by atoms with Crippen molar-refractivity contribution in [2.75, 3.05) is 10.6 Å². The molecule has 27 heavy (non-hydrogen) atoms. The van der Waals surface area contributed by atoms with E-state index >= 15 is 0 Å². The Morgan fingerprint density at radius 2 is 1.59 bits per heavy atom. The van der Waals surface area contributed by atoms with Gasteiger partial charge in [0.25, 0.3) is 0 Å². The zero-order valence-corrected chi connectivity index (χ0v) is 15.8. The first-order valence-electron chi connectivity index (χ1n) is 8.22. The zero-order chi connectivity index (χ0) is 19.6. The summed E-state index contributed by atoms with van der Waals surface area (Å²) in [6.07, 6.45) is 1.28. The average molecular weight is 384 g/mol. The van der Waals surface area contributed by atoms with E-state index in [2.05, 4.69) is 20.6 Å². The second-order valence-electron chi connectivity index (χ2n) is 6.20. The van der Waals surface area contributed by atoms with Gasteiger partial charge in [0.15, 0.2) is 0 Å². The van der Waals surface area contributed by atoms with Crippen LogP contribution < -0.4 is 10.6 Å². The van der Waals surface area contributed by atoms with Crippen molar-refractivity contribution in [3.05, 3.63) is 74.6 Å². The summed E-state index contributed by atoms with van der Waals surface area (Å²) in [5.41, 5.74) is 4.10. The fourth-order valence-corrected chi connectivity index (χ4v) is 2.84. The molecular formula is C19H18ClN5O2. The quantitative estimate of drug-likeness (QED) is 0.449. The molecule has 0 unspecified atom stereocenters. The minimum Gasteiger partial charge on any atom is -0.334 e. The van der Waals surface area contributed by atoms with Gasteiger partial charge in [-0.2, -0.15) is 0 Å². The van der Waals surface area contributed by atoms with Crippen molar-refractivity contribution in [3.8, 4) is 0 Å². The maximum atomic E-state index is 11.7. The highest BCUT2D eigenvalue weighted by Gasteiger charge is 2.24. The molecule has 2 aromatic carbocycles. The molecule has 0 saturated heterocycles. The summed E-state index contributed by atoms with van der Waals surface area (Å²) in [4.78, 5) is 19.4. The van der Waals surface area contributed by atoms with Gasteiger partial charge in [-0.3, -0.25) is 10.1 Å². The van der Waals surface area contributed by atoms with Gasteiger partial charge in [-0.1, -0.05) is 35.4 Å². The van der Waals surface area contributed by atoms with Crippen LogP contribution in [0.25, 0.3) is 0 Å². The molecule has 0 fully saturated rings. The lowest BCUT2D eigenvalue weighted by Gasteiger charge is -2.13. The minimum absolute atomic E-state index is 0.0904. The van der Waals surface area contributed by atoms with E-state index in [0.717, 1.165) is 22.4 Å². The first kappa shape index (κ1) is 18.6. The second kappa shape index (κ2) is 7.59. The van der Waals surface area contributed by atoms with Crippen LogP contribution in [0.5, 0.6) is 0 Å². The van der Waals surface area contributed by atoms with Crippen molar-refractivity contribution in [2.45, 2.75) is 20.8 Å². The third-order valence-corrected chi connectivity index (χ3v) is 4.33. The third kappa shape index (κ3) is 4.15. The summed E-state index contributed by atoms with van der Waals surface area (Å²) < 4.78 is 0. The van der Waals surface area contributed by atoms with E-state index in [1.165, 1.54) is 6.33 Å². The van der Waals surface area contributed by atoms with E-state index in [-0.39, 0.29) is 17.3 Å². The molecule has 0 atom stereocenters. The number of nitrogens with zero attached hydrogens (tertiary/aromatic N) is 3. The van der Waals surface area contributed by atoms with Gasteiger partial charge in [0.2, 0.25) is 11.6 Å². The molecule has 0 radical (unpaired) electrons. The van der Waals surface area contributed by atoms with Crippen LogP contribution in [0, 0.1) is 30.9 Å². The Balaban J connectivity index is 2.02. The van der Waals surface area contributed by atoms with E-state index in [9.17, 15) is 10.1 Å². The molecule has 138 valence electrons. The van der Waals surface area contributed by atoms with Crippen molar-refractivity contribution in [1.82, 2.24) is 9.97 Å². The van der Waals surface area contributed by atoms with Gasteiger partial charge in [-0.15, -0.1) is 0 Å². The molecule has 1 aromatic heterocycles. The number of benzene rings is 2.